The lowest BCUT2D eigenvalue weighted by molar-refractivity contribution is -0.133. The zero-order valence-corrected chi connectivity index (χ0v) is 10.7. The summed E-state index contributed by atoms with van der Waals surface area (Å²) >= 11 is 0. The molecule has 2 atom stereocenters. The largest absolute Gasteiger partial charge is 0.380 e. The van der Waals surface area contributed by atoms with Gasteiger partial charge in [0.25, 0.3) is 0 Å². The van der Waals surface area contributed by atoms with Crippen LogP contribution in [0.3, 0.4) is 0 Å². The van der Waals surface area contributed by atoms with E-state index in [0.29, 0.717) is 12.5 Å². The number of carbonyl (C=O) groups excluding carboxylic acids is 1. The van der Waals surface area contributed by atoms with Crippen molar-refractivity contribution < 1.29 is 9.53 Å². The fourth-order valence-corrected chi connectivity index (χ4v) is 2.59. The Labute approximate surface area is 103 Å². The van der Waals surface area contributed by atoms with Crippen molar-refractivity contribution in [3.05, 3.63) is 11.6 Å². The van der Waals surface area contributed by atoms with E-state index in [4.69, 9.17) is 4.74 Å². The number of hydrogen-bond donors (Lipinski definition) is 1. The van der Waals surface area contributed by atoms with Gasteiger partial charge < -0.3 is 15.0 Å². The van der Waals surface area contributed by atoms with Crippen LogP contribution in [0, 0.1) is 5.92 Å². The first-order valence-corrected chi connectivity index (χ1v) is 6.41. The number of methoxy groups -OCH3 is 1. The Bertz CT molecular complexity index is 315. The molecular weight excluding hydrogens is 216 g/mol. The van der Waals surface area contributed by atoms with Crippen LogP contribution >= 0.6 is 0 Å². The molecule has 2 aliphatic rings. The molecule has 1 N–H and O–H groups in total. The average Bonchev–Trinajstić information content (AvgIpc) is 2.76. The van der Waals surface area contributed by atoms with Crippen LogP contribution in [0.25, 0.3) is 0 Å². The first-order chi connectivity index (χ1) is 8.22. The average molecular weight is 238 g/mol. The van der Waals surface area contributed by atoms with E-state index in [1.807, 2.05) is 4.90 Å². The molecule has 4 heteroatoms. The van der Waals surface area contributed by atoms with E-state index in [9.17, 15) is 4.79 Å². The molecule has 0 bridgehead atoms. The lowest BCUT2D eigenvalue weighted by atomic mass is 10.0. The van der Waals surface area contributed by atoms with Gasteiger partial charge in [-0.05, 0) is 30.9 Å². The molecule has 4 nitrogen and oxygen atoms in total. The Morgan fingerprint density at radius 1 is 1.65 bits per heavy atom. The normalized spacial score (nSPS) is 29.3. The summed E-state index contributed by atoms with van der Waals surface area (Å²) in [6.07, 6.45) is 4.18. The lowest BCUT2D eigenvalue weighted by Crippen LogP contribution is -2.47. The van der Waals surface area contributed by atoms with Gasteiger partial charge in [-0.25, -0.2) is 0 Å². The third-order valence-electron chi connectivity index (χ3n) is 3.74. The van der Waals surface area contributed by atoms with E-state index in [-0.39, 0.29) is 11.9 Å². The van der Waals surface area contributed by atoms with E-state index in [0.717, 1.165) is 32.5 Å². The number of nitrogens with one attached hydrogen (secondary N) is 1. The van der Waals surface area contributed by atoms with Crippen molar-refractivity contribution >= 4 is 5.91 Å². The molecule has 0 aromatic heterocycles. The zero-order valence-electron chi connectivity index (χ0n) is 10.7. The molecular formula is C13H22N2O2. The molecule has 17 heavy (non-hydrogen) atoms. The van der Waals surface area contributed by atoms with Gasteiger partial charge in [-0.15, -0.1) is 0 Å². The minimum atomic E-state index is 0.0346. The quantitative estimate of drug-likeness (QED) is 0.739. The minimum absolute atomic E-state index is 0.0346. The molecule has 1 fully saturated rings. The van der Waals surface area contributed by atoms with E-state index in [1.54, 1.807) is 7.11 Å². The Morgan fingerprint density at radius 3 is 3.00 bits per heavy atom. The molecule has 2 aliphatic heterocycles. The van der Waals surface area contributed by atoms with Crippen molar-refractivity contribution in [3.8, 4) is 0 Å². The number of amides is 1. The van der Waals surface area contributed by atoms with Crippen LogP contribution in [-0.4, -0.2) is 50.2 Å². The summed E-state index contributed by atoms with van der Waals surface area (Å²) in [5.41, 5.74) is 1.31. The summed E-state index contributed by atoms with van der Waals surface area (Å²) in [7, 11) is 1.71. The Morgan fingerprint density at radius 2 is 2.47 bits per heavy atom. The van der Waals surface area contributed by atoms with Gasteiger partial charge in [0.15, 0.2) is 0 Å². The van der Waals surface area contributed by atoms with Gasteiger partial charge in [0.05, 0.1) is 12.6 Å². The summed E-state index contributed by atoms with van der Waals surface area (Å²) in [6.45, 7) is 5.39. The van der Waals surface area contributed by atoms with Gasteiger partial charge in [0.2, 0.25) is 5.91 Å². The van der Waals surface area contributed by atoms with Crippen molar-refractivity contribution in [3.63, 3.8) is 0 Å². The van der Waals surface area contributed by atoms with Crippen molar-refractivity contribution in [1.29, 1.82) is 0 Å². The van der Waals surface area contributed by atoms with Crippen LogP contribution in [0.4, 0.5) is 0 Å². The molecule has 2 rings (SSSR count). The number of rotatable bonds is 3. The Hall–Kier alpha value is -0.870. The van der Waals surface area contributed by atoms with E-state index >= 15 is 0 Å². The molecule has 0 aromatic carbocycles. The SMILES string of the molecule is COCC1=CCN(C(=O)C2NCCC2C)CC1. The highest BCUT2D eigenvalue weighted by atomic mass is 16.5. The van der Waals surface area contributed by atoms with Crippen molar-refractivity contribution in [2.75, 3.05) is 33.4 Å². The van der Waals surface area contributed by atoms with Gasteiger partial charge in [-0.1, -0.05) is 13.0 Å². The number of nitrogens with zero attached hydrogens (tertiary/aromatic N) is 1. The van der Waals surface area contributed by atoms with Crippen LogP contribution < -0.4 is 5.32 Å². The predicted octanol–water partition coefficient (Wildman–Crippen LogP) is 0.789. The van der Waals surface area contributed by atoms with Crippen LogP contribution in [-0.2, 0) is 9.53 Å². The van der Waals surface area contributed by atoms with Crippen molar-refractivity contribution in [2.24, 2.45) is 5.92 Å². The van der Waals surface area contributed by atoms with Gasteiger partial charge in [-0.2, -0.15) is 0 Å². The molecule has 0 radical (unpaired) electrons. The van der Waals surface area contributed by atoms with Crippen molar-refractivity contribution in [2.45, 2.75) is 25.8 Å². The van der Waals surface area contributed by atoms with Crippen LogP contribution in [0.1, 0.15) is 19.8 Å². The fraction of sp³-hybridized carbons (Fsp3) is 0.769. The third kappa shape index (κ3) is 2.87. The molecule has 1 saturated heterocycles. The van der Waals surface area contributed by atoms with Gasteiger partial charge in [0, 0.05) is 20.2 Å². The second-order valence-electron chi connectivity index (χ2n) is 5.03. The summed E-state index contributed by atoms with van der Waals surface area (Å²) in [5, 5.41) is 3.30. The summed E-state index contributed by atoms with van der Waals surface area (Å²) < 4.78 is 5.11. The standard InChI is InChI=1S/C13H22N2O2/c1-10-3-6-14-12(10)13(16)15-7-4-11(5-8-15)9-17-2/h4,10,12,14H,3,5-9H2,1-2H3. The van der Waals surface area contributed by atoms with E-state index in [2.05, 4.69) is 18.3 Å². The third-order valence-corrected chi connectivity index (χ3v) is 3.74. The fourth-order valence-electron chi connectivity index (χ4n) is 2.59. The molecule has 0 saturated carbocycles. The van der Waals surface area contributed by atoms with Gasteiger partial charge >= 0.3 is 0 Å². The monoisotopic (exact) mass is 238 g/mol. The highest BCUT2D eigenvalue weighted by molar-refractivity contribution is 5.82. The second-order valence-corrected chi connectivity index (χ2v) is 5.03. The van der Waals surface area contributed by atoms with E-state index < -0.39 is 0 Å². The Kier molecular flexibility index (Phi) is 4.18. The smallest absolute Gasteiger partial charge is 0.240 e. The molecule has 96 valence electrons. The van der Waals surface area contributed by atoms with Gasteiger partial charge in [0.1, 0.15) is 0 Å². The first-order valence-electron chi connectivity index (χ1n) is 6.41. The highest BCUT2D eigenvalue weighted by Crippen LogP contribution is 2.19. The van der Waals surface area contributed by atoms with E-state index in [1.165, 1.54) is 5.57 Å². The lowest BCUT2D eigenvalue weighted by Gasteiger charge is -2.30. The summed E-state index contributed by atoms with van der Waals surface area (Å²) in [6, 6.07) is 0.0346. The molecule has 0 aliphatic carbocycles. The summed E-state index contributed by atoms with van der Waals surface area (Å²) in [4.78, 5) is 14.2. The van der Waals surface area contributed by atoms with Crippen LogP contribution in [0.5, 0.6) is 0 Å². The first kappa shape index (κ1) is 12.6. The minimum Gasteiger partial charge on any atom is -0.380 e. The zero-order chi connectivity index (χ0) is 12.3. The predicted molar refractivity (Wildman–Crippen MR) is 66.7 cm³/mol. The molecule has 0 spiro atoms. The molecule has 2 unspecified atom stereocenters. The summed E-state index contributed by atoms with van der Waals surface area (Å²) in [5.74, 6) is 0.731. The highest BCUT2D eigenvalue weighted by Gasteiger charge is 2.32. The maximum absolute atomic E-state index is 12.3. The second kappa shape index (κ2) is 5.65. The number of ether oxygens (including phenoxy) is 1. The van der Waals surface area contributed by atoms with Gasteiger partial charge in [-0.3, -0.25) is 4.79 Å². The topological polar surface area (TPSA) is 41.6 Å². The molecule has 0 aromatic rings. The maximum atomic E-state index is 12.3. The molecule has 1 amide bonds. The maximum Gasteiger partial charge on any atom is 0.240 e. The van der Waals surface area contributed by atoms with Crippen LogP contribution in [0.2, 0.25) is 0 Å². The number of carbonyl (C=O) groups is 1. The Balaban J connectivity index is 1.90. The number of hydrogen-bond acceptors (Lipinski definition) is 3. The van der Waals surface area contributed by atoms with Crippen molar-refractivity contribution in [1.82, 2.24) is 10.2 Å². The molecule has 2 heterocycles. The van der Waals surface area contributed by atoms with Crippen LogP contribution in [0.15, 0.2) is 11.6 Å².